The minimum Gasteiger partial charge on any atom is -0.461 e. The number of nitrogens with zero attached hydrogens (tertiary/aromatic N) is 2. The smallest absolute Gasteiger partial charge is 0.355 e. The Morgan fingerprint density at radius 2 is 2.17 bits per heavy atom. The molecule has 0 saturated carbocycles. The van der Waals surface area contributed by atoms with Gasteiger partial charge in [-0.2, -0.15) is 0 Å². The van der Waals surface area contributed by atoms with Crippen molar-refractivity contribution < 1.29 is 9.53 Å². The predicted molar refractivity (Wildman–Crippen MR) is 92.8 cm³/mol. The Bertz CT molecular complexity index is 857. The lowest BCUT2D eigenvalue weighted by Crippen LogP contribution is -2.12. The largest absolute Gasteiger partial charge is 0.461 e. The first-order valence-corrected chi connectivity index (χ1v) is 8.29. The standard InChI is InChI=1S/C18H17BrN2O2/c1-3-23-18(22)17-15(10-13-6-4-5-9-21(13)17)12(2)14-7-8-20-11-16(14)19/h4-12H,3H2,1-2H3. The van der Waals surface area contributed by atoms with E-state index in [-0.39, 0.29) is 11.9 Å². The van der Waals surface area contributed by atoms with Gasteiger partial charge >= 0.3 is 5.97 Å². The maximum absolute atomic E-state index is 12.5. The van der Waals surface area contributed by atoms with Crippen LogP contribution in [0.4, 0.5) is 0 Å². The molecule has 1 atom stereocenters. The number of rotatable bonds is 4. The number of carbonyl (C=O) groups excluding carboxylic acids is 1. The Morgan fingerprint density at radius 1 is 1.35 bits per heavy atom. The summed E-state index contributed by atoms with van der Waals surface area (Å²) in [7, 11) is 0. The molecule has 0 fully saturated rings. The summed E-state index contributed by atoms with van der Waals surface area (Å²) in [5, 5.41) is 0. The third-order valence-electron chi connectivity index (χ3n) is 3.91. The Kier molecular flexibility index (Phi) is 4.48. The number of ether oxygens (including phenoxy) is 1. The summed E-state index contributed by atoms with van der Waals surface area (Å²) >= 11 is 3.54. The van der Waals surface area contributed by atoms with Crippen LogP contribution >= 0.6 is 15.9 Å². The van der Waals surface area contributed by atoms with Crippen LogP contribution in [-0.2, 0) is 4.74 Å². The number of hydrogen-bond donors (Lipinski definition) is 0. The molecule has 3 aromatic heterocycles. The van der Waals surface area contributed by atoms with Crippen LogP contribution in [0, 0.1) is 0 Å². The number of fused-ring (bicyclic) bond motifs is 1. The fraction of sp³-hybridized carbons (Fsp3) is 0.222. The quantitative estimate of drug-likeness (QED) is 0.636. The van der Waals surface area contributed by atoms with Crippen LogP contribution < -0.4 is 0 Å². The molecule has 0 saturated heterocycles. The first kappa shape index (κ1) is 15.7. The lowest BCUT2D eigenvalue weighted by Gasteiger charge is -2.14. The highest BCUT2D eigenvalue weighted by Gasteiger charge is 2.24. The first-order chi connectivity index (χ1) is 11.1. The molecule has 1 unspecified atom stereocenters. The van der Waals surface area contributed by atoms with Crippen LogP contribution in [0.1, 0.15) is 41.4 Å². The van der Waals surface area contributed by atoms with Crippen LogP contribution in [-0.4, -0.2) is 22.0 Å². The van der Waals surface area contributed by atoms with Gasteiger partial charge in [-0.15, -0.1) is 0 Å². The second kappa shape index (κ2) is 6.54. The van der Waals surface area contributed by atoms with Crippen molar-refractivity contribution in [2.45, 2.75) is 19.8 Å². The van der Waals surface area contributed by atoms with Crippen molar-refractivity contribution in [2.24, 2.45) is 0 Å². The Morgan fingerprint density at radius 3 is 2.91 bits per heavy atom. The van der Waals surface area contributed by atoms with E-state index in [1.807, 2.05) is 47.9 Å². The molecule has 118 valence electrons. The zero-order valence-corrected chi connectivity index (χ0v) is 14.6. The number of hydrogen-bond acceptors (Lipinski definition) is 3. The van der Waals surface area contributed by atoms with Gasteiger partial charge < -0.3 is 9.14 Å². The molecule has 0 bridgehead atoms. The van der Waals surface area contributed by atoms with Gasteiger partial charge in [-0.05, 0) is 58.2 Å². The van der Waals surface area contributed by atoms with E-state index >= 15 is 0 Å². The van der Waals surface area contributed by atoms with E-state index in [1.54, 1.807) is 12.4 Å². The van der Waals surface area contributed by atoms with E-state index in [4.69, 9.17) is 4.74 Å². The van der Waals surface area contributed by atoms with Gasteiger partial charge in [-0.3, -0.25) is 4.98 Å². The molecule has 0 N–H and O–H groups in total. The fourth-order valence-corrected chi connectivity index (χ4v) is 3.39. The van der Waals surface area contributed by atoms with E-state index in [9.17, 15) is 4.79 Å². The average molecular weight is 373 g/mol. The number of esters is 1. The second-order valence-electron chi connectivity index (χ2n) is 5.28. The molecular formula is C18H17BrN2O2. The zero-order chi connectivity index (χ0) is 16.4. The lowest BCUT2D eigenvalue weighted by atomic mass is 9.94. The highest BCUT2D eigenvalue weighted by molar-refractivity contribution is 9.10. The van der Waals surface area contributed by atoms with Crippen LogP contribution in [0.25, 0.3) is 5.52 Å². The minimum absolute atomic E-state index is 0.0340. The number of halogens is 1. The highest BCUT2D eigenvalue weighted by Crippen LogP contribution is 2.33. The second-order valence-corrected chi connectivity index (χ2v) is 6.14. The van der Waals surface area contributed by atoms with Crippen molar-refractivity contribution in [3.05, 3.63) is 70.2 Å². The van der Waals surface area contributed by atoms with Crippen molar-refractivity contribution in [3.8, 4) is 0 Å². The van der Waals surface area contributed by atoms with Crippen LogP contribution in [0.3, 0.4) is 0 Å². The van der Waals surface area contributed by atoms with E-state index in [2.05, 4.69) is 27.8 Å². The summed E-state index contributed by atoms with van der Waals surface area (Å²) in [6.07, 6.45) is 5.42. The third-order valence-corrected chi connectivity index (χ3v) is 4.58. The molecule has 0 aromatic carbocycles. The predicted octanol–water partition coefficient (Wildman–Crippen LogP) is 4.43. The van der Waals surface area contributed by atoms with Crippen molar-refractivity contribution in [1.29, 1.82) is 0 Å². The van der Waals surface area contributed by atoms with Gasteiger partial charge in [0.1, 0.15) is 5.69 Å². The third kappa shape index (κ3) is 2.88. The molecule has 3 aromatic rings. The molecule has 0 spiro atoms. The van der Waals surface area contributed by atoms with Crippen LogP contribution in [0.5, 0.6) is 0 Å². The van der Waals surface area contributed by atoms with Crippen molar-refractivity contribution >= 4 is 27.4 Å². The maximum atomic E-state index is 12.5. The van der Waals surface area contributed by atoms with Crippen LogP contribution in [0.2, 0.25) is 0 Å². The first-order valence-electron chi connectivity index (χ1n) is 7.50. The monoisotopic (exact) mass is 372 g/mol. The molecule has 0 aliphatic rings. The Balaban J connectivity index is 2.18. The van der Waals surface area contributed by atoms with Gasteiger partial charge in [0.2, 0.25) is 0 Å². The van der Waals surface area contributed by atoms with Gasteiger partial charge in [0, 0.05) is 34.5 Å². The molecule has 3 rings (SSSR count). The topological polar surface area (TPSA) is 43.6 Å². The normalized spacial score (nSPS) is 12.3. The van der Waals surface area contributed by atoms with Crippen molar-refractivity contribution in [3.63, 3.8) is 0 Å². The summed E-state index contributed by atoms with van der Waals surface area (Å²) in [4.78, 5) is 16.6. The maximum Gasteiger partial charge on any atom is 0.355 e. The summed E-state index contributed by atoms with van der Waals surface area (Å²) in [5.74, 6) is -0.266. The highest BCUT2D eigenvalue weighted by atomic mass is 79.9. The average Bonchev–Trinajstić information content (AvgIpc) is 2.94. The Labute approximate surface area is 143 Å². The van der Waals surface area contributed by atoms with Crippen molar-refractivity contribution in [2.75, 3.05) is 6.61 Å². The molecule has 0 radical (unpaired) electrons. The summed E-state index contributed by atoms with van der Waals surface area (Å²) in [5.41, 5.74) is 3.59. The molecule has 23 heavy (non-hydrogen) atoms. The van der Waals surface area contributed by atoms with E-state index in [0.717, 1.165) is 21.1 Å². The summed E-state index contributed by atoms with van der Waals surface area (Å²) in [6, 6.07) is 9.87. The molecule has 0 aliphatic carbocycles. The van der Waals surface area contributed by atoms with Gasteiger partial charge in [0.05, 0.1) is 6.61 Å². The fourth-order valence-electron chi connectivity index (χ4n) is 2.79. The molecule has 3 heterocycles. The number of pyridine rings is 2. The van der Waals surface area contributed by atoms with Gasteiger partial charge in [0.25, 0.3) is 0 Å². The summed E-state index contributed by atoms with van der Waals surface area (Å²) < 4.78 is 8.08. The molecular weight excluding hydrogens is 356 g/mol. The lowest BCUT2D eigenvalue weighted by molar-refractivity contribution is 0.0517. The van der Waals surface area contributed by atoms with E-state index in [0.29, 0.717) is 12.3 Å². The van der Waals surface area contributed by atoms with Crippen molar-refractivity contribution in [1.82, 2.24) is 9.38 Å². The molecule has 5 heteroatoms. The zero-order valence-electron chi connectivity index (χ0n) is 13.0. The van der Waals surface area contributed by atoms with Gasteiger partial charge in [-0.25, -0.2) is 4.79 Å². The number of carbonyl (C=O) groups is 1. The molecule has 0 aliphatic heterocycles. The SMILES string of the molecule is CCOC(=O)c1c(C(C)c2ccncc2Br)cc2ccccn12. The molecule has 4 nitrogen and oxygen atoms in total. The Hall–Kier alpha value is -2.14. The minimum atomic E-state index is -0.300. The van der Waals surface area contributed by atoms with E-state index in [1.165, 1.54) is 0 Å². The van der Waals surface area contributed by atoms with Gasteiger partial charge in [-0.1, -0.05) is 13.0 Å². The molecule has 0 amide bonds. The number of aromatic nitrogens is 2. The van der Waals surface area contributed by atoms with Gasteiger partial charge in [0.15, 0.2) is 0 Å². The van der Waals surface area contributed by atoms with E-state index < -0.39 is 0 Å². The summed E-state index contributed by atoms with van der Waals surface area (Å²) in [6.45, 7) is 4.25. The van der Waals surface area contributed by atoms with Crippen LogP contribution in [0.15, 0.2) is 53.4 Å².